The molecule has 4 aliphatic heterocycles. The molecule has 20 nitrogen and oxygen atoms in total. The van der Waals surface area contributed by atoms with Crippen molar-refractivity contribution >= 4 is 103 Å². The van der Waals surface area contributed by atoms with Crippen molar-refractivity contribution in [1.82, 2.24) is 28.6 Å². The van der Waals surface area contributed by atoms with Gasteiger partial charge in [-0.1, -0.05) is 44.0 Å². The predicted octanol–water partition coefficient (Wildman–Crippen LogP) is 8.12. The van der Waals surface area contributed by atoms with Crippen molar-refractivity contribution in [1.29, 1.82) is 0 Å². The molecule has 78 heavy (non-hydrogen) atoms. The third-order valence-electron chi connectivity index (χ3n) is 12.1. The Balaban J connectivity index is 0.000000243. The fraction of sp³-hybridized carbons (Fsp3) is 0.588. The molecule has 3 aromatic rings. The lowest BCUT2D eigenvalue weighted by molar-refractivity contribution is 0.00578. The first-order valence-electron chi connectivity index (χ1n) is 25.3. The van der Waals surface area contributed by atoms with Crippen LogP contribution in [0.5, 0.6) is 0 Å². The number of rotatable bonds is 6. The number of hydrogen-bond acceptors (Lipinski definition) is 15. The van der Waals surface area contributed by atoms with E-state index in [4.69, 9.17) is 34.2 Å². The van der Waals surface area contributed by atoms with E-state index in [1.165, 1.54) is 20.7 Å². The summed E-state index contributed by atoms with van der Waals surface area (Å²) in [5.41, 5.74) is -1.68. The summed E-state index contributed by atoms with van der Waals surface area (Å²) < 4.78 is 105. The molecule has 0 atom stereocenters. The summed E-state index contributed by atoms with van der Waals surface area (Å²) in [4.78, 5) is 41.1. The Bertz CT molecular complexity index is 2810. The second-order valence-electron chi connectivity index (χ2n) is 22.5. The topological polar surface area (TPSA) is 228 Å². The van der Waals surface area contributed by atoms with Crippen molar-refractivity contribution in [3.8, 4) is 0 Å². The number of nitrogens with zero attached hydrogens (tertiary/aromatic N) is 5. The van der Waals surface area contributed by atoms with E-state index < -0.39 is 70.8 Å². The Labute approximate surface area is 484 Å². The molecule has 4 aliphatic rings. The Morgan fingerprint density at radius 3 is 1.08 bits per heavy atom. The van der Waals surface area contributed by atoms with Gasteiger partial charge in [-0.2, -0.15) is 8.61 Å². The van der Waals surface area contributed by atoms with Gasteiger partial charge in [0.15, 0.2) is 0 Å². The van der Waals surface area contributed by atoms with Gasteiger partial charge in [0.05, 0.1) is 25.9 Å². The number of carbonyl (C=O) groups excluding carboxylic acids is 3. The number of ether oxygens (including phenoxy) is 3. The van der Waals surface area contributed by atoms with Crippen molar-refractivity contribution in [2.45, 2.75) is 133 Å². The molecule has 0 unspecified atom stereocenters. The van der Waals surface area contributed by atoms with Crippen LogP contribution < -0.4 is 10.8 Å². The third kappa shape index (κ3) is 20.5. The highest BCUT2D eigenvalue weighted by Gasteiger charge is 2.51. The standard InChI is InChI=1S/C21H33BN2O6S.C15H21BrN2O4S.C9H18N2O2.C6H4BrClO2S/c1-19(2,3)28-18(25)23-12-14-24(15-13-23)31(26,27)17-10-8-16(9-11-17)22-29-20(4,5)21(6,7)30-22;1-15(2,3)22-14(19)17-8-10-18(11-9-17)23(20,21)13-6-4-12(16)5-7-13;1-9(2,3)13-8(12)11-6-4-10-5-7-11;7-5-1-3-6(4-2-5)11(8,9)10/h8-11H,12-15H2,1-7H3;4-7H,8-11H2,1-3H3;10H,4-7H2,1-3H3;1-4H. The van der Waals surface area contributed by atoms with Crippen LogP contribution >= 0.6 is 42.5 Å². The van der Waals surface area contributed by atoms with Crippen LogP contribution in [0.15, 0.2) is 96.4 Å². The minimum atomic E-state index is -3.66. The monoisotopic (exact) mass is 1300 g/mol. The lowest BCUT2D eigenvalue weighted by Gasteiger charge is -2.35. The zero-order valence-electron chi connectivity index (χ0n) is 46.8. The summed E-state index contributed by atoms with van der Waals surface area (Å²) in [6.45, 7) is 29.8. The van der Waals surface area contributed by atoms with Gasteiger partial charge in [-0.15, -0.1) is 0 Å². The molecule has 0 radical (unpaired) electrons. The number of nitrogens with one attached hydrogen (secondary N) is 1. The highest BCUT2D eigenvalue weighted by atomic mass is 79.9. The number of amides is 3. The van der Waals surface area contributed by atoms with Crippen LogP contribution in [0.3, 0.4) is 0 Å². The zero-order chi connectivity index (χ0) is 58.9. The van der Waals surface area contributed by atoms with E-state index in [2.05, 4.69) is 37.2 Å². The summed E-state index contributed by atoms with van der Waals surface area (Å²) in [5, 5.41) is 3.18. The van der Waals surface area contributed by atoms with E-state index in [0.717, 1.165) is 40.6 Å². The number of benzene rings is 3. The maximum absolute atomic E-state index is 13.1. The van der Waals surface area contributed by atoms with Crippen LogP contribution in [-0.4, -0.2) is 181 Å². The lowest BCUT2D eigenvalue weighted by Crippen LogP contribution is -2.51. The quantitative estimate of drug-likeness (QED) is 0.140. The first-order valence-corrected chi connectivity index (χ1v) is 32.0. The number of piperazine rings is 3. The Kier molecular flexibility index (Phi) is 23.2. The molecular weight excluding hydrogens is 1220 g/mol. The largest absolute Gasteiger partial charge is 0.494 e. The van der Waals surface area contributed by atoms with Gasteiger partial charge < -0.3 is 43.5 Å². The van der Waals surface area contributed by atoms with E-state index in [-0.39, 0.29) is 52.6 Å². The Morgan fingerprint density at radius 2 is 0.782 bits per heavy atom. The first kappa shape index (κ1) is 66.9. The molecule has 0 spiro atoms. The zero-order valence-corrected chi connectivity index (χ0v) is 53.2. The van der Waals surface area contributed by atoms with E-state index in [0.29, 0.717) is 26.2 Å². The van der Waals surface area contributed by atoms with Gasteiger partial charge in [0.2, 0.25) is 20.0 Å². The fourth-order valence-electron chi connectivity index (χ4n) is 7.33. The molecule has 0 saturated carbocycles. The molecule has 4 heterocycles. The minimum Gasteiger partial charge on any atom is -0.444 e. The van der Waals surface area contributed by atoms with Gasteiger partial charge in [0.1, 0.15) is 16.8 Å². The van der Waals surface area contributed by atoms with Crippen LogP contribution in [0.25, 0.3) is 0 Å². The van der Waals surface area contributed by atoms with Gasteiger partial charge in [-0.3, -0.25) is 0 Å². The minimum absolute atomic E-state index is 0.113. The SMILES string of the molecule is CC(C)(C)OC(=O)N1CCN(S(=O)(=O)c2ccc(B3OC(C)(C)C(C)(C)O3)cc2)CC1.CC(C)(C)OC(=O)N1CCN(S(=O)(=O)c2ccc(Br)cc2)CC1.CC(C)(C)OC(=O)N1CCNCC1.O=S(=O)(Cl)c1ccc(Br)cc1. The van der Waals surface area contributed by atoms with Crippen LogP contribution in [0.1, 0.15) is 90.0 Å². The maximum Gasteiger partial charge on any atom is 0.494 e. The number of carbonyl (C=O) groups is 3. The van der Waals surface area contributed by atoms with Crippen LogP contribution in [-0.2, 0) is 52.6 Å². The summed E-state index contributed by atoms with van der Waals surface area (Å²) in [7, 11) is -6.23. The summed E-state index contributed by atoms with van der Waals surface area (Å²) >= 11 is 6.46. The number of hydrogen-bond donors (Lipinski definition) is 1. The van der Waals surface area contributed by atoms with Crippen LogP contribution in [0, 0.1) is 0 Å². The predicted molar refractivity (Wildman–Crippen MR) is 307 cm³/mol. The normalized spacial score (nSPS) is 18.5. The fourth-order valence-corrected chi connectivity index (χ4v) is 11.5. The highest BCUT2D eigenvalue weighted by Crippen LogP contribution is 2.36. The molecule has 3 aromatic carbocycles. The molecule has 27 heteroatoms. The van der Waals surface area contributed by atoms with E-state index >= 15 is 0 Å². The van der Waals surface area contributed by atoms with E-state index in [9.17, 15) is 39.6 Å². The van der Waals surface area contributed by atoms with Crippen molar-refractivity contribution in [2.75, 3.05) is 78.5 Å². The lowest BCUT2D eigenvalue weighted by atomic mass is 9.79. The van der Waals surface area contributed by atoms with Crippen LogP contribution in [0.2, 0.25) is 0 Å². The molecule has 4 fully saturated rings. The summed E-state index contributed by atoms with van der Waals surface area (Å²) in [5.74, 6) is 0. The summed E-state index contributed by atoms with van der Waals surface area (Å²) in [6, 6.07) is 19.3. The van der Waals surface area contributed by atoms with Crippen LogP contribution in [0.4, 0.5) is 14.4 Å². The Hall–Kier alpha value is -3.57. The van der Waals surface area contributed by atoms with Crippen molar-refractivity contribution in [3.63, 3.8) is 0 Å². The van der Waals surface area contributed by atoms with E-state index in [1.807, 2.05) is 48.5 Å². The molecule has 7 rings (SSSR count). The van der Waals surface area contributed by atoms with Gasteiger partial charge in [-0.25, -0.2) is 39.6 Å². The Morgan fingerprint density at radius 1 is 0.500 bits per heavy atom. The highest BCUT2D eigenvalue weighted by molar-refractivity contribution is 9.10. The van der Waals surface area contributed by atoms with Crippen molar-refractivity contribution < 1.29 is 63.2 Å². The molecule has 3 amide bonds. The molecule has 1 N–H and O–H groups in total. The molecule has 4 saturated heterocycles. The molecule has 0 aliphatic carbocycles. The molecule has 0 aromatic heterocycles. The van der Waals surface area contributed by atoms with E-state index in [1.54, 1.807) is 117 Å². The number of sulfonamides is 2. The van der Waals surface area contributed by atoms with Gasteiger partial charge in [0, 0.05) is 98.2 Å². The second-order valence-corrected chi connectivity index (χ2v) is 30.7. The third-order valence-corrected chi connectivity index (χ3v) is 18.4. The van der Waals surface area contributed by atoms with Crippen molar-refractivity contribution in [2.24, 2.45) is 0 Å². The van der Waals surface area contributed by atoms with Crippen molar-refractivity contribution in [3.05, 3.63) is 81.7 Å². The maximum atomic E-state index is 13.1. The average molecular weight is 1300 g/mol. The first-order chi connectivity index (χ1) is 35.7. The second kappa shape index (κ2) is 27.0. The summed E-state index contributed by atoms with van der Waals surface area (Å²) in [6.07, 6.45) is -1.02. The van der Waals surface area contributed by atoms with Gasteiger partial charge in [-0.05, 0) is 156 Å². The van der Waals surface area contributed by atoms with Gasteiger partial charge >= 0.3 is 25.4 Å². The molecule has 436 valence electrons. The molecular formula is C51H76BBr2ClN6O14S3. The molecule has 0 bridgehead atoms. The smallest absolute Gasteiger partial charge is 0.444 e. The average Bonchev–Trinajstić information content (AvgIpc) is 3.56. The van der Waals surface area contributed by atoms with Gasteiger partial charge in [0.25, 0.3) is 9.05 Å². The number of halogens is 3.